The van der Waals surface area contributed by atoms with Gasteiger partial charge in [-0.2, -0.15) is 0 Å². The van der Waals surface area contributed by atoms with Crippen molar-refractivity contribution >= 4 is 17.5 Å². The van der Waals surface area contributed by atoms with Gasteiger partial charge in [0.15, 0.2) is 0 Å². The highest BCUT2D eigenvalue weighted by molar-refractivity contribution is 6.27. The summed E-state index contributed by atoms with van der Waals surface area (Å²) in [7, 11) is 0. The third-order valence-electron chi connectivity index (χ3n) is 3.01. The Bertz CT molecular complexity index is 221. The maximum Gasteiger partial charge on any atom is 0.238 e. The van der Waals surface area contributed by atoms with Crippen molar-refractivity contribution in [2.45, 2.75) is 57.7 Å². The number of carbonyl (C=O) groups is 1. The van der Waals surface area contributed by atoms with E-state index in [-0.39, 0.29) is 30.0 Å². The van der Waals surface area contributed by atoms with Crippen molar-refractivity contribution < 1.29 is 9.90 Å². The Morgan fingerprint density at radius 2 is 2.07 bits per heavy atom. The Morgan fingerprint density at radius 3 is 2.53 bits per heavy atom. The van der Waals surface area contributed by atoms with Crippen LogP contribution in [-0.2, 0) is 4.79 Å². The molecular formula is C11H20ClNO2. The van der Waals surface area contributed by atoms with Crippen molar-refractivity contribution in [1.82, 2.24) is 4.90 Å². The van der Waals surface area contributed by atoms with Crippen LogP contribution >= 0.6 is 11.6 Å². The van der Waals surface area contributed by atoms with E-state index in [0.717, 1.165) is 25.7 Å². The molecule has 0 aromatic carbocycles. The highest BCUT2D eigenvalue weighted by Crippen LogP contribution is 2.25. The summed E-state index contributed by atoms with van der Waals surface area (Å²) in [6.45, 7) is 3.93. The Labute approximate surface area is 96.4 Å². The van der Waals surface area contributed by atoms with Crippen molar-refractivity contribution in [2.24, 2.45) is 0 Å². The molecule has 2 unspecified atom stereocenters. The molecule has 0 bridgehead atoms. The number of nitrogens with zero attached hydrogens (tertiary/aromatic N) is 1. The summed E-state index contributed by atoms with van der Waals surface area (Å²) in [5.41, 5.74) is 0. The fourth-order valence-electron chi connectivity index (χ4n) is 2.34. The average molecular weight is 234 g/mol. The molecule has 0 aromatic rings. The van der Waals surface area contributed by atoms with E-state index in [9.17, 15) is 9.90 Å². The molecule has 0 saturated heterocycles. The van der Waals surface area contributed by atoms with Crippen LogP contribution in [0.4, 0.5) is 0 Å². The molecule has 1 saturated carbocycles. The van der Waals surface area contributed by atoms with Crippen LogP contribution in [0.3, 0.4) is 0 Å². The summed E-state index contributed by atoms with van der Waals surface area (Å²) in [5.74, 6) is -0.0703. The first-order valence-electron chi connectivity index (χ1n) is 5.63. The van der Waals surface area contributed by atoms with E-state index in [1.54, 1.807) is 4.90 Å². The van der Waals surface area contributed by atoms with Crippen LogP contribution in [0, 0.1) is 0 Å². The van der Waals surface area contributed by atoms with Gasteiger partial charge in [0.05, 0.1) is 12.1 Å². The lowest BCUT2D eigenvalue weighted by Gasteiger charge is -2.40. The second-order valence-electron chi connectivity index (χ2n) is 4.45. The van der Waals surface area contributed by atoms with Gasteiger partial charge in [0.25, 0.3) is 0 Å². The molecule has 1 N–H and O–H groups in total. The van der Waals surface area contributed by atoms with Gasteiger partial charge in [-0.1, -0.05) is 12.8 Å². The minimum atomic E-state index is -0.381. The van der Waals surface area contributed by atoms with Gasteiger partial charge in [0.2, 0.25) is 5.91 Å². The summed E-state index contributed by atoms with van der Waals surface area (Å²) >= 11 is 5.58. The minimum Gasteiger partial charge on any atom is -0.391 e. The lowest BCUT2D eigenvalue weighted by atomic mass is 9.90. The number of hydrogen-bond acceptors (Lipinski definition) is 2. The summed E-state index contributed by atoms with van der Waals surface area (Å²) in [6.07, 6.45) is 3.44. The first-order chi connectivity index (χ1) is 7.07. The number of carbonyl (C=O) groups excluding carboxylic acids is 1. The average Bonchev–Trinajstić information content (AvgIpc) is 2.20. The molecule has 3 nitrogen and oxygen atoms in total. The summed E-state index contributed by atoms with van der Waals surface area (Å²) < 4.78 is 0. The topological polar surface area (TPSA) is 40.5 Å². The molecule has 15 heavy (non-hydrogen) atoms. The maximum atomic E-state index is 11.7. The molecule has 0 aliphatic heterocycles. The molecule has 1 amide bonds. The van der Waals surface area contributed by atoms with E-state index in [0.29, 0.717) is 0 Å². The molecule has 1 rings (SSSR count). The number of hydrogen-bond donors (Lipinski definition) is 1. The van der Waals surface area contributed by atoms with E-state index in [1.807, 2.05) is 13.8 Å². The van der Waals surface area contributed by atoms with Crippen LogP contribution in [0.1, 0.15) is 39.5 Å². The van der Waals surface area contributed by atoms with Crippen LogP contribution in [0.2, 0.25) is 0 Å². The molecule has 1 aliphatic carbocycles. The van der Waals surface area contributed by atoms with Crippen LogP contribution in [0.5, 0.6) is 0 Å². The van der Waals surface area contributed by atoms with Crippen LogP contribution in [0.15, 0.2) is 0 Å². The third kappa shape index (κ3) is 3.08. The highest BCUT2D eigenvalue weighted by atomic mass is 35.5. The van der Waals surface area contributed by atoms with Gasteiger partial charge in [0.1, 0.15) is 5.88 Å². The Balaban J connectivity index is 2.73. The predicted octanol–water partition coefficient (Wildman–Crippen LogP) is 1.77. The van der Waals surface area contributed by atoms with Crippen molar-refractivity contribution in [2.75, 3.05) is 5.88 Å². The second kappa shape index (κ2) is 5.71. The Morgan fingerprint density at radius 1 is 1.47 bits per heavy atom. The maximum absolute atomic E-state index is 11.7. The van der Waals surface area contributed by atoms with Gasteiger partial charge in [-0.25, -0.2) is 0 Å². The SMILES string of the molecule is CC(C)N(C(=O)CCl)C1CCCCC1O. The Hall–Kier alpha value is -0.280. The van der Waals surface area contributed by atoms with E-state index >= 15 is 0 Å². The molecule has 4 heteroatoms. The van der Waals surface area contributed by atoms with E-state index in [1.165, 1.54) is 0 Å². The number of aliphatic hydroxyl groups excluding tert-OH is 1. The van der Waals surface area contributed by atoms with Crippen molar-refractivity contribution in [1.29, 1.82) is 0 Å². The zero-order chi connectivity index (χ0) is 11.4. The molecule has 1 fully saturated rings. The zero-order valence-electron chi connectivity index (χ0n) is 9.45. The first kappa shape index (κ1) is 12.8. The fraction of sp³-hybridized carbons (Fsp3) is 0.909. The summed E-state index contributed by atoms with van der Waals surface area (Å²) in [5, 5.41) is 9.90. The lowest BCUT2D eigenvalue weighted by Crippen LogP contribution is -2.52. The molecule has 1 aliphatic rings. The largest absolute Gasteiger partial charge is 0.391 e. The number of amides is 1. The summed E-state index contributed by atoms with van der Waals surface area (Å²) in [4.78, 5) is 13.4. The second-order valence-corrected chi connectivity index (χ2v) is 4.71. The quantitative estimate of drug-likeness (QED) is 0.755. The molecule has 88 valence electrons. The van der Waals surface area contributed by atoms with E-state index < -0.39 is 0 Å². The molecule has 0 heterocycles. The fourth-order valence-corrected chi connectivity index (χ4v) is 2.48. The van der Waals surface area contributed by atoms with Crippen molar-refractivity contribution in [3.8, 4) is 0 Å². The van der Waals surface area contributed by atoms with Gasteiger partial charge >= 0.3 is 0 Å². The lowest BCUT2D eigenvalue weighted by molar-refractivity contribution is -0.137. The van der Waals surface area contributed by atoms with Gasteiger partial charge in [0, 0.05) is 6.04 Å². The van der Waals surface area contributed by atoms with Crippen molar-refractivity contribution in [3.05, 3.63) is 0 Å². The highest BCUT2D eigenvalue weighted by Gasteiger charge is 2.32. The first-order valence-corrected chi connectivity index (χ1v) is 6.16. The molecule has 0 aromatic heterocycles. The smallest absolute Gasteiger partial charge is 0.238 e. The number of alkyl halides is 1. The number of halogens is 1. The number of aliphatic hydroxyl groups is 1. The van der Waals surface area contributed by atoms with Gasteiger partial charge in [-0.05, 0) is 26.7 Å². The molecule has 2 atom stereocenters. The number of rotatable bonds is 3. The minimum absolute atomic E-state index is 0.00139. The van der Waals surface area contributed by atoms with Gasteiger partial charge < -0.3 is 10.0 Å². The monoisotopic (exact) mass is 233 g/mol. The Kier molecular flexibility index (Phi) is 4.87. The normalized spacial score (nSPS) is 26.7. The summed E-state index contributed by atoms with van der Waals surface area (Å²) in [6, 6.07) is 0.0685. The van der Waals surface area contributed by atoms with Gasteiger partial charge in [-0.3, -0.25) is 4.79 Å². The standard InChI is InChI=1S/C11H20ClNO2/c1-8(2)13(11(15)7-12)9-5-3-4-6-10(9)14/h8-10,14H,3-7H2,1-2H3. The van der Waals surface area contributed by atoms with E-state index in [4.69, 9.17) is 11.6 Å². The molecule has 0 radical (unpaired) electrons. The van der Waals surface area contributed by atoms with Crippen LogP contribution < -0.4 is 0 Å². The predicted molar refractivity (Wildman–Crippen MR) is 61.0 cm³/mol. The van der Waals surface area contributed by atoms with Crippen molar-refractivity contribution in [3.63, 3.8) is 0 Å². The van der Waals surface area contributed by atoms with E-state index in [2.05, 4.69) is 0 Å². The zero-order valence-corrected chi connectivity index (χ0v) is 10.2. The molecular weight excluding hydrogens is 214 g/mol. The van der Waals surface area contributed by atoms with Gasteiger partial charge in [-0.15, -0.1) is 11.6 Å². The third-order valence-corrected chi connectivity index (χ3v) is 3.24. The molecule has 0 spiro atoms. The van der Waals surface area contributed by atoms with Crippen LogP contribution in [-0.4, -0.2) is 40.0 Å². The van der Waals surface area contributed by atoms with Crippen LogP contribution in [0.25, 0.3) is 0 Å².